The van der Waals surface area contributed by atoms with Crippen LogP contribution in [0.4, 0.5) is 5.69 Å². The molecular weight excluding hydrogens is 138 g/mol. The van der Waals surface area contributed by atoms with E-state index in [1.54, 1.807) is 0 Å². The molecule has 0 aromatic heterocycles. The molecule has 0 bridgehead atoms. The van der Waals surface area contributed by atoms with Gasteiger partial charge in [-0.3, -0.25) is 0 Å². The van der Waals surface area contributed by atoms with E-state index in [4.69, 9.17) is 0 Å². The molecule has 11 heavy (non-hydrogen) atoms. The normalized spacial score (nSPS) is 22.1. The standard InChI is InChI=1S/C9H10NO/c11-8-5-7-3-1-2-4-9(7)10-6-8/h1-2,4,8,10-11H,5-6H2. The van der Waals surface area contributed by atoms with Gasteiger partial charge in [0.1, 0.15) is 0 Å². The minimum Gasteiger partial charge on any atom is -0.391 e. The van der Waals surface area contributed by atoms with Gasteiger partial charge < -0.3 is 10.4 Å². The van der Waals surface area contributed by atoms with Gasteiger partial charge in [0, 0.05) is 18.7 Å². The van der Waals surface area contributed by atoms with Crippen molar-refractivity contribution < 1.29 is 5.11 Å². The highest BCUT2D eigenvalue weighted by atomic mass is 16.3. The molecule has 1 aliphatic rings. The van der Waals surface area contributed by atoms with E-state index < -0.39 is 0 Å². The van der Waals surface area contributed by atoms with Gasteiger partial charge in [0.05, 0.1) is 6.10 Å². The van der Waals surface area contributed by atoms with Gasteiger partial charge in [-0.05, 0) is 17.7 Å². The first kappa shape index (κ1) is 6.68. The van der Waals surface area contributed by atoms with Crippen LogP contribution in [0.15, 0.2) is 18.2 Å². The zero-order valence-corrected chi connectivity index (χ0v) is 6.17. The minimum absolute atomic E-state index is 0.249. The Morgan fingerprint density at radius 2 is 2.55 bits per heavy atom. The molecule has 1 aromatic rings. The highest BCUT2D eigenvalue weighted by Gasteiger charge is 2.14. The minimum atomic E-state index is -0.249. The van der Waals surface area contributed by atoms with Crippen LogP contribution in [0.25, 0.3) is 0 Å². The Morgan fingerprint density at radius 3 is 3.45 bits per heavy atom. The first-order valence-corrected chi connectivity index (χ1v) is 3.78. The summed E-state index contributed by atoms with van der Waals surface area (Å²) in [4.78, 5) is 0. The van der Waals surface area contributed by atoms with Crippen molar-refractivity contribution in [3.63, 3.8) is 0 Å². The van der Waals surface area contributed by atoms with Gasteiger partial charge in [0.15, 0.2) is 0 Å². The Balaban J connectivity index is 2.34. The van der Waals surface area contributed by atoms with Crippen LogP contribution < -0.4 is 5.32 Å². The molecule has 2 nitrogen and oxygen atoms in total. The van der Waals surface area contributed by atoms with Gasteiger partial charge in [-0.25, -0.2) is 0 Å². The number of rotatable bonds is 0. The number of hydrogen-bond donors (Lipinski definition) is 2. The quantitative estimate of drug-likeness (QED) is 0.570. The molecule has 0 spiro atoms. The molecule has 2 heteroatoms. The third-order valence-corrected chi connectivity index (χ3v) is 1.91. The lowest BCUT2D eigenvalue weighted by Gasteiger charge is -2.21. The van der Waals surface area contributed by atoms with Crippen LogP contribution >= 0.6 is 0 Å². The Labute approximate surface area is 65.9 Å². The summed E-state index contributed by atoms with van der Waals surface area (Å²) >= 11 is 0. The highest BCUT2D eigenvalue weighted by molar-refractivity contribution is 5.52. The summed E-state index contributed by atoms with van der Waals surface area (Å²) in [6.45, 7) is 0.658. The Morgan fingerprint density at radius 1 is 1.64 bits per heavy atom. The summed E-state index contributed by atoms with van der Waals surface area (Å²) in [5, 5.41) is 12.4. The van der Waals surface area contributed by atoms with Gasteiger partial charge in [-0.1, -0.05) is 12.1 Å². The second-order valence-corrected chi connectivity index (χ2v) is 2.80. The fraction of sp³-hybridized carbons (Fsp3) is 0.333. The molecule has 2 rings (SSSR count). The number of nitrogens with one attached hydrogen (secondary N) is 1. The van der Waals surface area contributed by atoms with Gasteiger partial charge >= 0.3 is 0 Å². The van der Waals surface area contributed by atoms with Crippen molar-refractivity contribution >= 4 is 5.69 Å². The monoisotopic (exact) mass is 148 g/mol. The van der Waals surface area contributed by atoms with Crippen molar-refractivity contribution in [3.8, 4) is 0 Å². The van der Waals surface area contributed by atoms with Crippen molar-refractivity contribution in [1.29, 1.82) is 0 Å². The van der Waals surface area contributed by atoms with E-state index in [9.17, 15) is 5.11 Å². The van der Waals surface area contributed by atoms with Crippen LogP contribution in [0.1, 0.15) is 5.56 Å². The number of anilines is 1. The molecule has 0 fully saturated rings. The molecule has 0 saturated heterocycles. The zero-order valence-electron chi connectivity index (χ0n) is 6.17. The van der Waals surface area contributed by atoms with Crippen molar-refractivity contribution in [3.05, 3.63) is 29.8 Å². The van der Waals surface area contributed by atoms with Gasteiger partial charge in [-0.2, -0.15) is 0 Å². The lowest BCUT2D eigenvalue weighted by atomic mass is 10.0. The lowest BCUT2D eigenvalue weighted by Crippen LogP contribution is -2.27. The number of β-amino-alcohol motifs (C(OH)–C–C–N with tert-alkyl or cyclic N) is 1. The third kappa shape index (κ3) is 1.21. The Kier molecular flexibility index (Phi) is 1.55. The summed E-state index contributed by atoms with van der Waals surface area (Å²) in [5.41, 5.74) is 2.20. The molecule has 1 unspecified atom stereocenters. The molecule has 1 aromatic carbocycles. The summed E-state index contributed by atoms with van der Waals surface area (Å²) < 4.78 is 0. The van der Waals surface area contributed by atoms with Crippen molar-refractivity contribution in [2.24, 2.45) is 0 Å². The topological polar surface area (TPSA) is 32.3 Å². The Bertz CT molecular complexity index is 259. The van der Waals surface area contributed by atoms with E-state index in [-0.39, 0.29) is 6.10 Å². The average molecular weight is 148 g/mol. The highest BCUT2D eigenvalue weighted by Crippen LogP contribution is 2.19. The van der Waals surface area contributed by atoms with Gasteiger partial charge in [-0.15, -0.1) is 0 Å². The lowest BCUT2D eigenvalue weighted by molar-refractivity contribution is 0.184. The third-order valence-electron chi connectivity index (χ3n) is 1.91. The molecule has 1 heterocycles. The van der Waals surface area contributed by atoms with Crippen molar-refractivity contribution in [1.82, 2.24) is 0 Å². The maximum Gasteiger partial charge on any atom is 0.0753 e. The van der Waals surface area contributed by atoms with Crippen LogP contribution in [0.3, 0.4) is 0 Å². The first-order valence-electron chi connectivity index (χ1n) is 3.78. The molecule has 1 radical (unpaired) electrons. The summed E-state index contributed by atoms with van der Waals surface area (Å²) in [6.07, 6.45) is 0.476. The number of aliphatic hydroxyl groups excluding tert-OH is 1. The van der Waals surface area contributed by atoms with E-state index in [0.717, 1.165) is 17.7 Å². The summed E-state index contributed by atoms with van der Waals surface area (Å²) in [6, 6.07) is 8.93. The largest absolute Gasteiger partial charge is 0.391 e. The van der Waals surface area contributed by atoms with E-state index in [1.807, 2.05) is 18.2 Å². The van der Waals surface area contributed by atoms with Crippen LogP contribution in [0.2, 0.25) is 0 Å². The average Bonchev–Trinajstić information content (AvgIpc) is 2.04. The molecule has 0 amide bonds. The fourth-order valence-electron chi connectivity index (χ4n) is 1.34. The van der Waals surface area contributed by atoms with E-state index in [0.29, 0.717) is 6.54 Å². The van der Waals surface area contributed by atoms with Crippen LogP contribution in [0.5, 0.6) is 0 Å². The number of fused-ring (bicyclic) bond motifs is 1. The predicted octanol–water partition coefficient (Wildman–Crippen LogP) is 0.816. The molecule has 1 atom stereocenters. The van der Waals surface area contributed by atoms with Crippen LogP contribution in [-0.2, 0) is 6.42 Å². The Hall–Kier alpha value is -1.02. The molecule has 0 saturated carbocycles. The predicted molar refractivity (Wildman–Crippen MR) is 43.5 cm³/mol. The maximum atomic E-state index is 9.27. The van der Waals surface area contributed by atoms with Crippen LogP contribution in [0, 0.1) is 6.07 Å². The smallest absolute Gasteiger partial charge is 0.0753 e. The van der Waals surface area contributed by atoms with E-state index >= 15 is 0 Å². The van der Waals surface area contributed by atoms with E-state index in [1.165, 1.54) is 0 Å². The summed E-state index contributed by atoms with van der Waals surface area (Å²) in [5.74, 6) is 0. The molecular formula is C9H10NO. The maximum absolute atomic E-state index is 9.27. The zero-order chi connectivity index (χ0) is 7.68. The second-order valence-electron chi connectivity index (χ2n) is 2.80. The number of aliphatic hydroxyl groups is 1. The van der Waals surface area contributed by atoms with Crippen LogP contribution in [-0.4, -0.2) is 17.8 Å². The molecule has 57 valence electrons. The second kappa shape index (κ2) is 2.55. The molecule has 2 N–H and O–H groups in total. The molecule has 0 aliphatic carbocycles. The van der Waals surface area contributed by atoms with Crippen molar-refractivity contribution in [2.45, 2.75) is 12.5 Å². The SMILES string of the molecule is OC1CNc2ccc[c]c2C1. The molecule has 1 aliphatic heterocycles. The number of hydrogen-bond acceptors (Lipinski definition) is 2. The first-order chi connectivity index (χ1) is 5.36. The summed E-state index contributed by atoms with van der Waals surface area (Å²) in [7, 11) is 0. The van der Waals surface area contributed by atoms with E-state index in [2.05, 4.69) is 11.4 Å². The van der Waals surface area contributed by atoms with Gasteiger partial charge in [0.2, 0.25) is 0 Å². The fourth-order valence-corrected chi connectivity index (χ4v) is 1.34. The number of benzene rings is 1. The van der Waals surface area contributed by atoms with Crippen molar-refractivity contribution in [2.75, 3.05) is 11.9 Å². The van der Waals surface area contributed by atoms with Gasteiger partial charge in [0.25, 0.3) is 0 Å².